The van der Waals surface area contributed by atoms with Crippen molar-refractivity contribution in [3.63, 3.8) is 0 Å². The molecular formula is C15H21N3O2. The van der Waals surface area contributed by atoms with Gasteiger partial charge in [0.1, 0.15) is 5.82 Å². The fourth-order valence-corrected chi connectivity index (χ4v) is 2.13. The minimum atomic E-state index is 0.209. The van der Waals surface area contributed by atoms with Crippen molar-refractivity contribution < 1.29 is 9.47 Å². The van der Waals surface area contributed by atoms with Crippen molar-refractivity contribution in [3.05, 3.63) is 24.4 Å². The molecular weight excluding hydrogens is 254 g/mol. The van der Waals surface area contributed by atoms with Crippen LogP contribution in [0.15, 0.2) is 24.4 Å². The second-order valence-corrected chi connectivity index (χ2v) is 4.76. The van der Waals surface area contributed by atoms with Crippen LogP contribution in [-0.2, 0) is 0 Å². The zero-order chi connectivity index (χ0) is 14.7. The van der Waals surface area contributed by atoms with E-state index in [-0.39, 0.29) is 6.04 Å². The number of pyridine rings is 1. The van der Waals surface area contributed by atoms with Crippen molar-refractivity contribution in [1.29, 1.82) is 0 Å². The first-order valence-electron chi connectivity index (χ1n) is 6.56. The highest BCUT2D eigenvalue weighted by Gasteiger charge is 2.15. The van der Waals surface area contributed by atoms with Gasteiger partial charge in [0.15, 0.2) is 11.5 Å². The van der Waals surface area contributed by atoms with E-state index in [9.17, 15) is 0 Å². The highest BCUT2D eigenvalue weighted by Crippen LogP contribution is 2.35. The summed E-state index contributed by atoms with van der Waals surface area (Å²) >= 11 is 0. The molecule has 5 nitrogen and oxygen atoms in total. The van der Waals surface area contributed by atoms with E-state index in [1.807, 2.05) is 25.2 Å². The largest absolute Gasteiger partial charge is 0.493 e. The van der Waals surface area contributed by atoms with E-state index < -0.39 is 0 Å². The van der Waals surface area contributed by atoms with Crippen LogP contribution in [0.3, 0.4) is 0 Å². The number of anilines is 1. The first kappa shape index (κ1) is 14.4. The second-order valence-electron chi connectivity index (χ2n) is 4.76. The Morgan fingerprint density at radius 3 is 2.50 bits per heavy atom. The number of benzene rings is 1. The van der Waals surface area contributed by atoms with Crippen LogP contribution in [0.25, 0.3) is 10.8 Å². The molecule has 0 fully saturated rings. The van der Waals surface area contributed by atoms with Gasteiger partial charge in [-0.1, -0.05) is 0 Å². The highest BCUT2D eigenvalue weighted by atomic mass is 16.5. The molecule has 0 saturated heterocycles. The number of fused-ring (bicyclic) bond motifs is 1. The lowest BCUT2D eigenvalue weighted by Crippen LogP contribution is -2.35. The topological polar surface area (TPSA) is 60.6 Å². The van der Waals surface area contributed by atoms with E-state index in [1.165, 1.54) is 0 Å². The maximum absolute atomic E-state index is 5.74. The Morgan fingerprint density at radius 2 is 1.90 bits per heavy atom. The molecule has 2 aromatic rings. The lowest BCUT2D eigenvalue weighted by atomic mass is 10.1. The molecule has 0 bridgehead atoms. The Bertz CT molecular complexity index is 601. The van der Waals surface area contributed by atoms with Gasteiger partial charge in [0.05, 0.1) is 14.2 Å². The molecule has 1 aromatic carbocycles. The summed E-state index contributed by atoms with van der Waals surface area (Å²) in [4.78, 5) is 6.56. The second kappa shape index (κ2) is 5.96. The van der Waals surface area contributed by atoms with E-state index in [1.54, 1.807) is 20.4 Å². The van der Waals surface area contributed by atoms with Crippen LogP contribution < -0.4 is 20.1 Å². The van der Waals surface area contributed by atoms with Crippen LogP contribution in [0.4, 0.5) is 5.82 Å². The third-order valence-corrected chi connectivity index (χ3v) is 3.58. The van der Waals surface area contributed by atoms with Gasteiger partial charge < -0.3 is 20.1 Å². The zero-order valence-electron chi connectivity index (χ0n) is 12.4. The summed E-state index contributed by atoms with van der Waals surface area (Å²) < 4.78 is 10.7. The van der Waals surface area contributed by atoms with Crippen molar-refractivity contribution >= 4 is 16.6 Å². The molecule has 1 aromatic heterocycles. The molecule has 0 spiro atoms. The van der Waals surface area contributed by atoms with Crippen molar-refractivity contribution in [1.82, 2.24) is 4.98 Å². The van der Waals surface area contributed by atoms with Crippen LogP contribution >= 0.6 is 0 Å². The molecule has 0 aliphatic carbocycles. The normalized spacial score (nSPS) is 12.2. The molecule has 2 N–H and O–H groups in total. The van der Waals surface area contributed by atoms with Crippen LogP contribution in [-0.4, -0.2) is 38.8 Å². The molecule has 0 aliphatic rings. The summed E-state index contributed by atoms with van der Waals surface area (Å²) in [6, 6.07) is 6.08. The fourth-order valence-electron chi connectivity index (χ4n) is 2.13. The monoisotopic (exact) mass is 275 g/mol. The number of likely N-dealkylation sites (N-methyl/N-ethyl adjacent to an activating group) is 1. The number of rotatable bonds is 5. The number of nitrogens with zero attached hydrogens (tertiary/aromatic N) is 2. The van der Waals surface area contributed by atoms with Gasteiger partial charge in [0.2, 0.25) is 0 Å². The number of methoxy groups -OCH3 is 2. The summed E-state index contributed by atoms with van der Waals surface area (Å²) in [5.41, 5.74) is 5.74. The SMILES string of the molecule is COc1cc2ccnc(N(C)C(C)CN)c2cc1OC. The van der Waals surface area contributed by atoms with Gasteiger partial charge in [-0.25, -0.2) is 4.98 Å². The summed E-state index contributed by atoms with van der Waals surface area (Å²) in [5.74, 6) is 2.30. The first-order chi connectivity index (χ1) is 9.62. The summed E-state index contributed by atoms with van der Waals surface area (Å²) in [7, 11) is 5.26. The van der Waals surface area contributed by atoms with Crippen molar-refractivity contribution in [2.24, 2.45) is 5.73 Å². The summed E-state index contributed by atoms with van der Waals surface area (Å²) in [6.45, 7) is 2.64. The number of aromatic nitrogens is 1. The van der Waals surface area contributed by atoms with Gasteiger partial charge in [0.25, 0.3) is 0 Å². The van der Waals surface area contributed by atoms with Gasteiger partial charge in [-0.3, -0.25) is 0 Å². The average molecular weight is 275 g/mol. The third-order valence-electron chi connectivity index (χ3n) is 3.58. The molecule has 0 radical (unpaired) electrons. The molecule has 5 heteroatoms. The van der Waals surface area contributed by atoms with Crippen LogP contribution in [0.5, 0.6) is 11.5 Å². The molecule has 1 unspecified atom stereocenters. The van der Waals surface area contributed by atoms with Gasteiger partial charge in [-0.2, -0.15) is 0 Å². The Balaban J connectivity index is 2.62. The number of nitrogens with two attached hydrogens (primary N) is 1. The van der Waals surface area contributed by atoms with E-state index >= 15 is 0 Å². The molecule has 2 rings (SSSR count). The Labute approximate surface area is 119 Å². The Hall–Kier alpha value is -2.01. The molecule has 1 heterocycles. The Morgan fingerprint density at radius 1 is 1.25 bits per heavy atom. The van der Waals surface area contributed by atoms with Gasteiger partial charge >= 0.3 is 0 Å². The first-order valence-corrected chi connectivity index (χ1v) is 6.56. The third kappa shape index (κ3) is 2.49. The number of hydrogen-bond acceptors (Lipinski definition) is 5. The van der Waals surface area contributed by atoms with Gasteiger partial charge in [-0.15, -0.1) is 0 Å². The minimum Gasteiger partial charge on any atom is -0.493 e. The van der Waals surface area contributed by atoms with Crippen molar-refractivity contribution in [2.75, 3.05) is 32.7 Å². The fraction of sp³-hybridized carbons (Fsp3) is 0.400. The van der Waals surface area contributed by atoms with Crippen LogP contribution in [0, 0.1) is 0 Å². The summed E-state index contributed by atoms with van der Waals surface area (Å²) in [6.07, 6.45) is 1.79. The average Bonchev–Trinajstić information content (AvgIpc) is 2.51. The van der Waals surface area contributed by atoms with Crippen molar-refractivity contribution in [3.8, 4) is 11.5 Å². The molecule has 0 aliphatic heterocycles. The van der Waals surface area contributed by atoms with E-state index in [4.69, 9.17) is 15.2 Å². The molecule has 20 heavy (non-hydrogen) atoms. The summed E-state index contributed by atoms with van der Waals surface area (Å²) in [5, 5.41) is 2.08. The molecule has 0 amide bonds. The zero-order valence-corrected chi connectivity index (χ0v) is 12.4. The lowest BCUT2D eigenvalue weighted by Gasteiger charge is -2.26. The quantitative estimate of drug-likeness (QED) is 0.904. The van der Waals surface area contributed by atoms with Gasteiger partial charge in [-0.05, 0) is 30.5 Å². The maximum atomic E-state index is 5.74. The van der Waals surface area contributed by atoms with Crippen molar-refractivity contribution in [2.45, 2.75) is 13.0 Å². The standard InChI is InChI=1S/C15H21N3O2/c1-10(9-16)18(2)15-12-8-14(20-4)13(19-3)7-11(12)5-6-17-15/h5-8,10H,9,16H2,1-4H3. The number of ether oxygens (including phenoxy) is 2. The van der Waals surface area contributed by atoms with E-state index in [2.05, 4.69) is 16.8 Å². The predicted octanol–water partition coefficient (Wildman–Crippen LogP) is 2.04. The molecule has 0 saturated carbocycles. The maximum Gasteiger partial charge on any atom is 0.161 e. The lowest BCUT2D eigenvalue weighted by molar-refractivity contribution is 0.356. The van der Waals surface area contributed by atoms with E-state index in [0.717, 1.165) is 16.6 Å². The van der Waals surface area contributed by atoms with Gasteiger partial charge in [0, 0.05) is 31.2 Å². The molecule has 108 valence electrons. The highest BCUT2D eigenvalue weighted by molar-refractivity contribution is 5.94. The number of hydrogen-bond donors (Lipinski definition) is 1. The van der Waals surface area contributed by atoms with Crippen LogP contribution in [0.1, 0.15) is 6.92 Å². The van der Waals surface area contributed by atoms with E-state index in [0.29, 0.717) is 18.0 Å². The van der Waals surface area contributed by atoms with Crippen LogP contribution in [0.2, 0.25) is 0 Å². The molecule has 1 atom stereocenters. The Kier molecular flexibility index (Phi) is 4.29. The minimum absolute atomic E-state index is 0.209. The smallest absolute Gasteiger partial charge is 0.161 e. The predicted molar refractivity (Wildman–Crippen MR) is 81.8 cm³/mol.